The van der Waals surface area contributed by atoms with Crippen LogP contribution in [0.3, 0.4) is 0 Å². The number of nitrogens with one attached hydrogen (secondary N) is 1. The minimum absolute atomic E-state index is 0.579. The molecule has 3 aromatic rings. The maximum atomic E-state index is 5.81. The lowest BCUT2D eigenvalue weighted by atomic mass is 10.2. The van der Waals surface area contributed by atoms with Crippen molar-refractivity contribution in [3.63, 3.8) is 0 Å². The Labute approximate surface area is 162 Å². The average molecular weight is 415 g/mol. The molecule has 0 aliphatic carbocycles. The molecule has 0 radical (unpaired) electrons. The number of rotatable bonds is 8. The molecular formula is C20H23BrN4O. The molecule has 0 aliphatic rings. The zero-order valence-electron chi connectivity index (χ0n) is 15.1. The van der Waals surface area contributed by atoms with Gasteiger partial charge in [0.25, 0.3) is 0 Å². The molecule has 0 aliphatic heterocycles. The summed E-state index contributed by atoms with van der Waals surface area (Å²) in [6.45, 7) is 8.05. The van der Waals surface area contributed by atoms with Gasteiger partial charge >= 0.3 is 0 Å². The average Bonchev–Trinajstić information content (AvgIpc) is 2.67. The number of ether oxygens (including phenoxy) is 1. The molecule has 136 valence electrons. The Morgan fingerprint density at radius 1 is 1.08 bits per heavy atom. The van der Waals surface area contributed by atoms with Gasteiger partial charge in [0.1, 0.15) is 12.4 Å². The summed E-state index contributed by atoms with van der Waals surface area (Å²) in [6, 6.07) is 13.8. The molecule has 0 fully saturated rings. The van der Waals surface area contributed by atoms with Crippen LogP contribution in [-0.2, 0) is 0 Å². The summed E-state index contributed by atoms with van der Waals surface area (Å²) in [4.78, 5) is 11.3. The van der Waals surface area contributed by atoms with E-state index in [1.54, 1.807) is 0 Å². The predicted octanol–water partition coefficient (Wildman–Crippen LogP) is 4.86. The maximum absolute atomic E-state index is 5.81. The maximum Gasteiger partial charge on any atom is 0.227 e. The number of aromatic nitrogens is 2. The van der Waals surface area contributed by atoms with Crippen LogP contribution in [0, 0.1) is 0 Å². The smallest absolute Gasteiger partial charge is 0.227 e. The van der Waals surface area contributed by atoms with Crippen LogP contribution in [0.2, 0.25) is 0 Å². The summed E-state index contributed by atoms with van der Waals surface area (Å²) in [7, 11) is 0. The summed E-state index contributed by atoms with van der Waals surface area (Å²) in [5.74, 6) is 1.45. The number of hydrogen-bond donors (Lipinski definition) is 1. The van der Waals surface area contributed by atoms with Crippen LogP contribution in [0.25, 0.3) is 10.9 Å². The fourth-order valence-electron chi connectivity index (χ4n) is 2.66. The van der Waals surface area contributed by atoms with Crippen LogP contribution in [-0.4, -0.2) is 41.1 Å². The van der Waals surface area contributed by atoms with E-state index < -0.39 is 0 Å². The van der Waals surface area contributed by atoms with Gasteiger partial charge < -0.3 is 15.0 Å². The van der Waals surface area contributed by atoms with E-state index in [1.165, 1.54) is 0 Å². The Hall–Kier alpha value is -2.18. The van der Waals surface area contributed by atoms with Crippen molar-refractivity contribution in [1.82, 2.24) is 14.9 Å². The van der Waals surface area contributed by atoms with Gasteiger partial charge in [0.2, 0.25) is 5.95 Å². The van der Waals surface area contributed by atoms with Gasteiger partial charge in [0, 0.05) is 28.3 Å². The SMILES string of the molecule is CCN(CC)CCOc1ccc(Nc2ncc3cc(Br)ccc3n2)cc1. The van der Waals surface area contributed by atoms with Crippen molar-refractivity contribution in [3.05, 3.63) is 53.1 Å². The zero-order chi connectivity index (χ0) is 18.4. The lowest BCUT2D eigenvalue weighted by Gasteiger charge is -2.18. The lowest BCUT2D eigenvalue weighted by molar-refractivity contribution is 0.223. The Morgan fingerprint density at radius 2 is 1.85 bits per heavy atom. The molecule has 2 aromatic carbocycles. The first kappa shape index (κ1) is 18.6. The predicted molar refractivity (Wildman–Crippen MR) is 110 cm³/mol. The van der Waals surface area contributed by atoms with Gasteiger partial charge in [-0.05, 0) is 55.6 Å². The minimum Gasteiger partial charge on any atom is -0.492 e. The number of nitrogens with zero attached hydrogens (tertiary/aromatic N) is 3. The molecule has 1 aromatic heterocycles. The second-order valence-corrected chi connectivity index (χ2v) is 6.84. The molecule has 26 heavy (non-hydrogen) atoms. The van der Waals surface area contributed by atoms with E-state index in [0.717, 1.165) is 46.4 Å². The monoisotopic (exact) mass is 414 g/mol. The van der Waals surface area contributed by atoms with Gasteiger partial charge in [-0.1, -0.05) is 29.8 Å². The van der Waals surface area contributed by atoms with Crippen molar-refractivity contribution >= 4 is 38.5 Å². The lowest BCUT2D eigenvalue weighted by Crippen LogP contribution is -2.27. The van der Waals surface area contributed by atoms with Crippen LogP contribution in [0.15, 0.2) is 53.1 Å². The highest BCUT2D eigenvalue weighted by atomic mass is 79.9. The number of anilines is 2. The van der Waals surface area contributed by atoms with Gasteiger partial charge in [-0.15, -0.1) is 0 Å². The Kier molecular flexibility index (Phi) is 6.41. The first-order valence-corrected chi connectivity index (χ1v) is 9.61. The van der Waals surface area contributed by atoms with Crippen molar-refractivity contribution in [2.75, 3.05) is 31.6 Å². The number of fused-ring (bicyclic) bond motifs is 1. The molecule has 1 heterocycles. The fourth-order valence-corrected chi connectivity index (χ4v) is 3.04. The van der Waals surface area contributed by atoms with Crippen molar-refractivity contribution in [3.8, 4) is 5.75 Å². The number of halogens is 1. The summed E-state index contributed by atoms with van der Waals surface area (Å²) in [5, 5.41) is 4.23. The number of hydrogen-bond acceptors (Lipinski definition) is 5. The third-order valence-electron chi connectivity index (χ3n) is 4.22. The van der Waals surface area contributed by atoms with Gasteiger partial charge in [-0.25, -0.2) is 9.97 Å². The van der Waals surface area contributed by atoms with Gasteiger partial charge in [-0.2, -0.15) is 0 Å². The first-order chi connectivity index (χ1) is 12.7. The van der Waals surface area contributed by atoms with Crippen molar-refractivity contribution in [1.29, 1.82) is 0 Å². The van der Waals surface area contributed by atoms with Crippen LogP contribution < -0.4 is 10.1 Å². The van der Waals surface area contributed by atoms with Crippen LogP contribution in [0.5, 0.6) is 5.75 Å². The topological polar surface area (TPSA) is 50.3 Å². The van der Waals surface area contributed by atoms with Crippen molar-refractivity contribution < 1.29 is 4.74 Å². The molecule has 3 rings (SSSR count). The number of benzene rings is 2. The third kappa shape index (κ3) is 4.93. The van der Waals surface area contributed by atoms with Gasteiger partial charge in [0.05, 0.1) is 5.52 Å². The molecule has 0 amide bonds. The van der Waals surface area contributed by atoms with Gasteiger partial charge in [0.15, 0.2) is 0 Å². The molecule has 6 heteroatoms. The second kappa shape index (κ2) is 8.96. The zero-order valence-corrected chi connectivity index (χ0v) is 16.7. The summed E-state index contributed by atoms with van der Waals surface area (Å²) in [6.07, 6.45) is 1.82. The highest BCUT2D eigenvalue weighted by molar-refractivity contribution is 9.10. The minimum atomic E-state index is 0.579. The standard InChI is InChI=1S/C20H23BrN4O/c1-3-25(4-2)11-12-26-18-8-6-17(7-9-18)23-20-22-14-15-13-16(21)5-10-19(15)24-20/h5-10,13-14H,3-4,11-12H2,1-2H3,(H,22,23,24). The summed E-state index contributed by atoms with van der Waals surface area (Å²) < 4.78 is 6.83. The molecule has 0 spiro atoms. The quantitative estimate of drug-likeness (QED) is 0.570. The Morgan fingerprint density at radius 3 is 2.58 bits per heavy atom. The Balaban J connectivity index is 1.59. The third-order valence-corrected chi connectivity index (χ3v) is 4.72. The second-order valence-electron chi connectivity index (χ2n) is 5.92. The molecule has 1 N–H and O–H groups in total. The van der Waals surface area contributed by atoms with E-state index in [2.05, 4.69) is 50.0 Å². The molecule has 0 bridgehead atoms. The molecule has 0 saturated carbocycles. The molecular weight excluding hydrogens is 392 g/mol. The molecule has 0 atom stereocenters. The van der Waals surface area contributed by atoms with E-state index in [-0.39, 0.29) is 0 Å². The molecule has 0 saturated heterocycles. The molecule has 5 nitrogen and oxygen atoms in total. The Bertz CT molecular complexity index is 850. The van der Waals surface area contributed by atoms with E-state index in [1.807, 2.05) is 48.7 Å². The fraction of sp³-hybridized carbons (Fsp3) is 0.300. The van der Waals surface area contributed by atoms with E-state index in [0.29, 0.717) is 12.6 Å². The highest BCUT2D eigenvalue weighted by Crippen LogP contribution is 2.21. The van der Waals surface area contributed by atoms with Crippen LogP contribution in [0.4, 0.5) is 11.6 Å². The van der Waals surface area contributed by atoms with Crippen LogP contribution in [0.1, 0.15) is 13.8 Å². The molecule has 0 unspecified atom stereocenters. The summed E-state index contributed by atoms with van der Waals surface area (Å²) >= 11 is 3.46. The van der Waals surface area contributed by atoms with E-state index in [9.17, 15) is 0 Å². The van der Waals surface area contributed by atoms with Crippen LogP contribution >= 0.6 is 15.9 Å². The first-order valence-electron chi connectivity index (χ1n) is 8.82. The van der Waals surface area contributed by atoms with Crippen molar-refractivity contribution in [2.24, 2.45) is 0 Å². The highest BCUT2D eigenvalue weighted by Gasteiger charge is 2.03. The van der Waals surface area contributed by atoms with Crippen molar-refractivity contribution in [2.45, 2.75) is 13.8 Å². The largest absolute Gasteiger partial charge is 0.492 e. The van der Waals surface area contributed by atoms with E-state index >= 15 is 0 Å². The normalized spacial score (nSPS) is 11.1. The van der Waals surface area contributed by atoms with E-state index in [4.69, 9.17) is 4.74 Å². The summed E-state index contributed by atoms with van der Waals surface area (Å²) in [5.41, 5.74) is 1.83. The number of likely N-dealkylation sites (N-methyl/N-ethyl adjacent to an activating group) is 1. The van der Waals surface area contributed by atoms with Gasteiger partial charge in [-0.3, -0.25) is 0 Å².